The molecule has 0 aliphatic carbocycles. The van der Waals surface area contributed by atoms with Crippen LogP contribution in [0.25, 0.3) is 0 Å². The fraction of sp³-hybridized carbons (Fsp3) is 0.667. The lowest BCUT2D eigenvalue weighted by Crippen LogP contribution is -2.56. The van der Waals surface area contributed by atoms with Crippen LogP contribution in [0.15, 0.2) is 16.6 Å². The molecule has 100 valence electrons. The number of rotatable bonds is 5. The topological polar surface area (TPSA) is 16.1 Å². The molecule has 0 radical (unpaired) electrons. The number of anilines is 1. The highest BCUT2D eigenvalue weighted by Crippen LogP contribution is 2.41. The molecule has 0 aromatic carbocycles. The molecule has 1 aromatic rings. The van der Waals surface area contributed by atoms with Gasteiger partial charge in [0.1, 0.15) is 5.82 Å². The summed E-state index contributed by atoms with van der Waals surface area (Å²) < 4.78 is 1.10. The predicted octanol–water partition coefficient (Wildman–Crippen LogP) is 4.56. The van der Waals surface area contributed by atoms with Gasteiger partial charge in [-0.25, -0.2) is 4.98 Å². The van der Waals surface area contributed by atoms with Gasteiger partial charge in [0.2, 0.25) is 0 Å². The van der Waals surface area contributed by atoms with E-state index in [1.807, 2.05) is 0 Å². The lowest BCUT2D eigenvalue weighted by Gasteiger charge is -2.51. The van der Waals surface area contributed by atoms with Crippen LogP contribution in [0.3, 0.4) is 0 Å². The SMILES string of the molecule is CCCC1(CCC)CN(c2ccc(Br)c(C)n2)C1. The molecule has 0 N–H and O–H groups in total. The Morgan fingerprint density at radius 1 is 1.22 bits per heavy atom. The summed E-state index contributed by atoms with van der Waals surface area (Å²) in [7, 11) is 0. The van der Waals surface area contributed by atoms with E-state index in [0.29, 0.717) is 5.41 Å². The highest BCUT2D eigenvalue weighted by atomic mass is 79.9. The van der Waals surface area contributed by atoms with Gasteiger partial charge in [-0.1, -0.05) is 26.7 Å². The molecular formula is C15H23BrN2. The third kappa shape index (κ3) is 2.71. The van der Waals surface area contributed by atoms with Crippen LogP contribution in [0, 0.1) is 12.3 Å². The van der Waals surface area contributed by atoms with Gasteiger partial charge in [-0.15, -0.1) is 0 Å². The molecule has 0 bridgehead atoms. The number of pyridine rings is 1. The van der Waals surface area contributed by atoms with Crippen LogP contribution in [0.4, 0.5) is 5.82 Å². The lowest BCUT2D eigenvalue weighted by molar-refractivity contribution is 0.172. The van der Waals surface area contributed by atoms with Crippen molar-refractivity contribution in [1.29, 1.82) is 0 Å². The monoisotopic (exact) mass is 310 g/mol. The van der Waals surface area contributed by atoms with Gasteiger partial charge < -0.3 is 4.90 Å². The van der Waals surface area contributed by atoms with Crippen molar-refractivity contribution in [3.63, 3.8) is 0 Å². The first-order chi connectivity index (χ1) is 8.60. The molecule has 1 aromatic heterocycles. The van der Waals surface area contributed by atoms with E-state index in [1.165, 1.54) is 38.8 Å². The van der Waals surface area contributed by atoms with Gasteiger partial charge in [0.15, 0.2) is 0 Å². The van der Waals surface area contributed by atoms with Crippen LogP contribution < -0.4 is 4.90 Å². The van der Waals surface area contributed by atoms with E-state index in [4.69, 9.17) is 0 Å². The first kappa shape index (κ1) is 13.9. The summed E-state index contributed by atoms with van der Waals surface area (Å²) in [6.45, 7) is 9.01. The third-order valence-corrected chi connectivity index (χ3v) is 4.78. The van der Waals surface area contributed by atoms with Crippen molar-refractivity contribution < 1.29 is 0 Å². The van der Waals surface area contributed by atoms with E-state index in [0.717, 1.165) is 16.0 Å². The Bertz CT molecular complexity index is 403. The van der Waals surface area contributed by atoms with Gasteiger partial charge in [-0.3, -0.25) is 0 Å². The third-order valence-electron chi connectivity index (χ3n) is 3.94. The average molecular weight is 311 g/mol. The summed E-state index contributed by atoms with van der Waals surface area (Å²) >= 11 is 3.51. The minimum absolute atomic E-state index is 0.562. The van der Waals surface area contributed by atoms with Crippen molar-refractivity contribution >= 4 is 21.7 Å². The molecule has 2 heterocycles. The number of nitrogens with zero attached hydrogens (tertiary/aromatic N) is 2. The van der Waals surface area contributed by atoms with Crippen molar-refractivity contribution in [2.75, 3.05) is 18.0 Å². The van der Waals surface area contributed by atoms with Crippen LogP contribution in [0.1, 0.15) is 45.2 Å². The van der Waals surface area contributed by atoms with Crippen molar-refractivity contribution in [2.45, 2.75) is 46.5 Å². The van der Waals surface area contributed by atoms with E-state index < -0.39 is 0 Å². The molecule has 1 aliphatic heterocycles. The van der Waals surface area contributed by atoms with Crippen LogP contribution >= 0.6 is 15.9 Å². The summed E-state index contributed by atoms with van der Waals surface area (Å²) in [5, 5.41) is 0. The average Bonchev–Trinajstić information content (AvgIpc) is 2.29. The Morgan fingerprint density at radius 3 is 2.33 bits per heavy atom. The number of aryl methyl sites for hydroxylation is 1. The van der Waals surface area contributed by atoms with E-state index in [2.05, 4.69) is 58.7 Å². The summed E-state index contributed by atoms with van der Waals surface area (Å²) in [6, 6.07) is 4.23. The van der Waals surface area contributed by atoms with E-state index in [1.54, 1.807) is 0 Å². The molecule has 2 rings (SSSR count). The minimum atomic E-state index is 0.562. The van der Waals surface area contributed by atoms with Gasteiger partial charge in [-0.2, -0.15) is 0 Å². The molecule has 2 nitrogen and oxygen atoms in total. The number of hydrogen-bond donors (Lipinski definition) is 0. The van der Waals surface area contributed by atoms with Gasteiger partial charge >= 0.3 is 0 Å². The van der Waals surface area contributed by atoms with E-state index in [9.17, 15) is 0 Å². The highest BCUT2D eigenvalue weighted by Gasteiger charge is 2.41. The Balaban J connectivity index is 2.04. The molecule has 18 heavy (non-hydrogen) atoms. The zero-order chi connectivity index (χ0) is 13.2. The summed E-state index contributed by atoms with van der Waals surface area (Å²) in [5.41, 5.74) is 1.64. The summed E-state index contributed by atoms with van der Waals surface area (Å²) in [5.74, 6) is 1.14. The zero-order valence-electron chi connectivity index (χ0n) is 11.7. The minimum Gasteiger partial charge on any atom is -0.355 e. The number of aromatic nitrogens is 1. The molecule has 0 saturated carbocycles. The van der Waals surface area contributed by atoms with Gasteiger partial charge in [0, 0.05) is 23.0 Å². The van der Waals surface area contributed by atoms with Crippen LogP contribution in [-0.4, -0.2) is 18.1 Å². The molecule has 1 fully saturated rings. The van der Waals surface area contributed by atoms with Crippen LogP contribution in [0.5, 0.6) is 0 Å². The molecular weight excluding hydrogens is 288 g/mol. The highest BCUT2D eigenvalue weighted by molar-refractivity contribution is 9.10. The van der Waals surface area contributed by atoms with Gasteiger partial charge in [-0.05, 0) is 47.8 Å². The maximum atomic E-state index is 4.66. The first-order valence-corrected chi connectivity index (χ1v) is 7.77. The lowest BCUT2D eigenvalue weighted by atomic mass is 9.72. The largest absolute Gasteiger partial charge is 0.355 e. The van der Waals surface area contributed by atoms with Gasteiger partial charge in [0.25, 0.3) is 0 Å². The van der Waals surface area contributed by atoms with Crippen LogP contribution in [0.2, 0.25) is 0 Å². The standard InChI is InChI=1S/C15H23BrN2/c1-4-8-15(9-5-2)10-18(11-15)14-7-6-13(16)12(3)17-14/h6-7H,4-5,8-11H2,1-3H3. The quantitative estimate of drug-likeness (QED) is 0.792. The molecule has 0 spiro atoms. The molecule has 1 aliphatic rings. The fourth-order valence-electron chi connectivity index (χ4n) is 3.13. The van der Waals surface area contributed by atoms with Crippen LogP contribution in [-0.2, 0) is 0 Å². The maximum Gasteiger partial charge on any atom is 0.128 e. The molecule has 3 heteroatoms. The van der Waals surface area contributed by atoms with E-state index >= 15 is 0 Å². The van der Waals surface area contributed by atoms with Crippen molar-refractivity contribution in [3.8, 4) is 0 Å². The molecule has 0 amide bonds. The first-order valence-electron chi connectivity index (χ1n) is 6.98. The Morgan fingerprint density at radius 2 is 1.83 bits per heavy atom. The smallest absolute Gasteiger partial charge is 0.128 e. The van der Waals surface area contributed by atoms with Crippen molar-refractivity contribution in [3.05, 3.63) is 22.3 Å². The van der Waals surface area contributed by atoms with Crippen molar-refractivity contribution in [2.24, 2.45) is 5.41 Å². The molecule has 0 unspecified atom stereocenters. The predicted molar refractivity (Wildman–Crippen MR) is 81.1 cm³/mol. The Kier molecular flexibility index (Phi) is 4.31. The molecule has 0 atom stereocenters. The van der Waals surface area contributed by atoms with Gasteiger partial charge in [0.05, 0.1) is 5.69 Å². The maximum absolute atomic E-state index is 4.66. The second-order valence-electron chi connectivity index (χ2n) is 5.59. The zero-order valence-corrected chi connectivity index (χ0v) is 13.3. The fourth-order valence-corrected chi connectivity index (χ4v) is 3.36. The summed E-state index contributed by atoms with van der Waals surface area (Å²) in [6.07, 6.45) is 5.29. The Hall–Kier alpha value is -0.570. The second kappa shape index (κ2) is 5.60. The second-order valence-corrected chi connectivity index (χ2v) is 6.45. The number of hydrogen-bond acceptors (Lipinski definition) is 2. The molecule has 1 saturated heterocycles. The normalized spacial score (nSPS) is 17.7. The summed E-state index contributed by atoms with van der Waals surface area (Å²) in [4.78, 5) is 7.08. The Labute approximate surface area is 119 Å². The van der Waals surface area contributed by atoms with E-state index in [-0.39, 0.29) is 0 Å². The van der Waals surface area contributed by atoms with Crippen molar-refractivity contribution in [1.82, 2.24) is 4.98 Å². The number of halogens is 1.